The van der Waals surface area contributed by atoms with Crippen molar-refractivity contribution in [2.45, 2.75) is 52.1 Å². The van der Waals surface area contributed by atoms with E-state index in [-0.39, 0.29) is 5.91 Å². The molecule has 0 saturated heterocycles. The number of hydrazine groups is 1. The summed E-state index contributed by atoms with van der Waals surface area (Å²) >= 11 is 1.52. The summed E-state index contributed by atoms with van der Waals surface area (Å²) in [5.74, 6) is 0.591. The number of amides is 2. The third-order valence-electron chi connectivity index (χ3n) is 4.59. The Balaban J connectivity index is 1.49. The second-order valence-corrected chi connectivity index (χ2v) is 7.86. The van der Waals surface area contributed by atoms with Gasteiger partial charge in [0.2, 0.25) is 0 Å². The van der Waals surface area contributed by atoms with Gasteiger partial charge in [0.1, 0.15) is 11.5 Å². The monoisotopic (exact) mass is 402 g/mol. The number of hydrogen-bond donors (Lipinski definition) is 2. The van der Waals surface area contributed by atoms with E-state index < -0.39 is 12.0 Å². The topological polar surface area (TPSA) is 76.7 Å². The van der Waals surface area contributed by atoms with Gasteiger partial charge in [0.25, 0.3) is 11.8 Å². The quantitative estimate of drug-likeness (QED) is 0.571. The highest BCUT2D eigenvalue weighted by atomic mass is 32.1. The standard InChI is InChI=1S/C21H26N2O4S/c1-3-26-16-9-11-17(12-10-16)27-14(2)20(24)22-23-21(25)19-13-15-7-5-4-6-8-18(15)28-19/h9-14H,3-8H2,1-2H3,(H,22,24)(H,23,25). The number of ether oxygens (including phenoxy) is 2. The van der Waals surface area contributed by atoms with Crippen LogP contribution >= 0.6 is 11.3 Å². The van der Waals surface area contributed by atoms with Gasteiger partial charge in [0.05, 0.1) is 11.5 Å². The summed E-state index contributed by atoms with van der Waals surface area (Å²) in [6, 6.07) is 9.00. The number of fused-ring (bicyclic) bond motifs is 1. The average molecular weight is 403 g/mol. The zero-order valence-electron chi connectivity index (χ0n) is 16.2. The lowest BCUT2D eigenvalue weighted by molar-refractivity contribution is -0.128. The second-order valence-electron chi connectivity index (χ2n) is 6.73. The normalized spacial score (nSPS) is 14.4. The van der Waals surface area contributed by atoms with Crippen molar-refractivity contribution in [3.63, 3.8) is 0 Å². The molecule has 1 aliphatic carbocycles. The molecular weight excluding hydrogens is 376 g/mol. The van der Waals surface area contributed by atoms with Crippen LogP contribution in [0.3, 0.4) is 0 Å². The molecule has 0 fully saturated rings. The molecule has 0 radical (unpaired) electrons. The Hall–Kier alpha value is -2.54. The van der Waals surface area contributed by atoms with Gasteiger partial charge in [0.15, 0.2) is 6.10 Å². The molecule has 2 amide bonds. The van der Waals surface area contributed by atoms with Gasteiger partial charge in [-0.15, -0.1) is 11.3 Å². The van der Waals surface area contributed by atoms with E-state index in [9.17, 15) is 9.59 Å². The first-order valence-electron chi connectivity index (χ1n) is 9.68. The summed E-state index contributed by atoms with van der Waals surface area (Å²) in [6.45, 7) is 4.13. The fraction of sp³-hybridized carbons (Fsp3) is 0.429. The van der Waals surface area contributed by atoms with E-state index in [2.05, 4.69) is 10.9 Å². The van der Waals surface area contributed by atoms with E-state index in [1.54, 1.807) is 31.2 Å². The Morgan fingerprint density at radius 2 is 1.79 bits per heavy atom. The maximum Gasteiger partial charge on any atom is 0.279 e. The van der Waals surface area contributed by atoms with Crippen molar-refractivity contribution in [2.24, 2.45) is 0 Å². The van der Waals surface area contributed by atoms with Gasteiger partial charge < -0.3 is 9.47 Å². The first-order chi connectivity index (χ1) is 13.6. The third kappa shape index (κ3) is 5.25. The highest BCUT2D eigenvalue weighted by Crippen LogP contribution is 2.28. The van der Waals surface area contributed by atoms with Crippen LogP contribution < -0.4 is 20.3 Å². The highest BCUT2D eigenvalue weighted by Gasteiger charge is 2.19. The average Bonchev–Trinajstić information content (AvgIpc) is 2.98. The largest absolute Gasteiger partial charge is 0.494 e. The molecule has 0 saturated carbocycles. The lowest BCUT2D eigenvalue weighted by atomic mass is 10.1. The zero-order chi connectivity index (χ0) is 19.9. The molecule has 0 aliphatic heterocycles. The minimum Gasteiger partial charge on any atom is -0.494 e. The first-order valence-corrected chi connectivity index (χ1v) is 10.5. The summed E-state index contributed by atoms with van der Waals surface area (Å²) in [5, 5.41) is 0. The van der Waals surface area contributed by atoms with Gasteiger partial charge in [-0.2, -0.15) is 0 Å². The van der Waals surface area contributed by atoms with Gasteiger partial charge in [0, 0.05) is 4.88 Å². The number of benzene rings is 1. The lowest BCUT2D eigenvalue weighted by Gasteiger charge is -2.15. The first kappa shape index (κ1) is 20.2. The Morgan fingerprint density at radius 3 is 2.54 bits per heavy atom. The van der Waals surface area contributed by atoms with Crippen LogP contribution in [-0.2, 0) is 17.6 Å². The van der Waals surface area contributed by atoms with E-state index in [1.165, 1.54) is 41.0 Å². The Kier molecular flexibility index (Phi) is 6.92. The second kappa shape index (κ2) is 9.59. The van der Waals surface area contributed by atoms with Gasteiger partial charge in [-0.1, -0.05) is 6.42 Å². The van der Waals surface area contributed by atoms with Crippen molar-refractivity contribution in [2.75, 3.05) is 6.61 Å². The Bertz CT molecular complexity index is 793. The molecule has 7 heteroatoms. The van der Waals surface area contributed by atoms with Crippen LogP contribution in [0.25, 0.3) is 0 Å². The molecule has 3 rings (SSSR count). The molecule has 2 N–H and O–H groups in total. The summed E-state index contributed by atoms with van der Waals surface area (Å²) in [5.41, 5.74) is 6.20. The van der Waals surface area contributed by atoms with Gasteiger partial charge in [-0.05, 0) is 75.4 Å². The summed E-state index contributed by atoms with van der Waals surface area (Å²) in [7, 11) is 0. The van der Waals surface area contributed by atoms with E-state index in [1.807, 2.05) is 13.0 Å². The van der Waals surface area contributed by atoms with E-state index >= 15 is 0 Å². The van der Waals surface area contributed by atoms with E-state index in [4.69, 9.17) is 9.47 Å². The van der Waals surface area contributed by atoms with Crippen molar-refractivity contribution in [1.29, 1.82) is 0 Å². The number of hydrogen-bond acceptors (Lipinski definition) is 5. The minimum atomic E-state index is -0.752. The van der Waals surface area contributed by atoms with Crippen molar-refractivity contribution < 1.29 is 19.1 Å². The van der Waals surface area contributed by atoms with Crippen LogP contribution in [0.4, 0.5) is 0 Å². The maximum atomic E-state index is 12.4. The van der Waals surface area contributed by atoms with E-state index in [0.717, 1.165) is 18.6 Å². The highest BCUT2D eigenvalue weighted by molar-refractivity contribution is 7.14. The number of carbonyl (C=O) groups is 2. The van der Waals surface area contributed by atoms with E-state index in [0.29, 0.717) is 17.2 Å². The SMILES string of the molecule is CCOc1ccc(OC(C)C(=O)NNC(=O)c2cc3c(s2)CCCCC3)cc1. The predicted molar refractivity (Wildman–Crippen MR) is 109 cm³/mol. The van der Waals surface area contributed by atoms with Crippen molar-refractivity contribution in [1.82, 2.24) is 10.9 Å². The molecule has 0 spiro atoms. The molecule has 150 valence electrons. The van der Waals surface area contributed by atoms with Gasteiger partial charge >= 0.3 is 0 Å². The number of aryl methyl sites for hydroxylation is 2. The number of rotatable bonds is 6. The van der Waals surface area contributed by atoms with Gasteiger partial charge in [-0.25, -0.2) is 0 Å². The molecule has 2 aromatic rings. The molecule has 1 heterocycles. The molecule has 1 aromatic carbocycles. The zero-order valence-corrected chi connectivity index (χ0v) is 17.1. The molecule has 6 nitrogen and oxygen atoms in total. The summed E-state index contributed by atoms with van der Waals surface area (Å²) in [4.78, 5) is 26.5. The van der Waals surface area contributed by atoms with Crippen LogP contribution in [0.5, 0.6) is 11.5 Å². The number of carbonyl (C=O) groups excluding carboxylic acids is 2. The molecule has 1 aliphatic rings. The van der Waals surface area contributed by atoms with Crippen molar-refractivity contribution >= 4 is 23.2 Å². The number of thiophene rings is 1. The van der Waals surface area contributed by atoms with Gasteiger partial charge in [-0.3, -0.25) is 20.4 Å². The van der Waals surface area contributed by atoms with Crippen LogP contribution in [0.1, 0.15) is 53.2 Å². The smallest absolute Gasteiger partial charge is 0.279 e. The Labute approximate surface area is 169 Å². The molecule has 28 heavy (non-hydrogen) atoms. The van der Waals surface area contributed by atoms with Crippen LogP contribution in [0.2, 0.25) is 0 Å². The minimum absolute atomic E-state index is 0.292. The fourth-order valence-electron chi connectivity index (χ4n) is 3.10. The molecular formula is C21H26N2O4S. The summed E-state index contributed by atoms with van der Waals surface area (Å²) < 4.78 is 11.0. The van der Waals surface area contributed by atoms with Crippen LogP contribution in [0, 0.1) is 0 Å². The number of nitrogens with one attached hydrogen (secondary N) is 2. The molecule has 1 atom stereocenters. The lowest BCUT2D eigenvalue weighted by Crippen LogP contribution is -2.47. The maximum absolute atomic E-state index is 12.4. The van der Waals surface area contributed by atoms with Crippen LogP contribution in [0.15, 0.2) is 30.3 Å². The fourth-order valence-corrected chi connectivity index (χ4v) is 4.25. The third-order valence-corrected chi connectivity index (χ3v) is 5.82. The predicted octanol–water partition coefficient (Wildman–Crippen LogP) is 3.64. The van der Waals surface area contributed by atoms with Crippen molar-refractivity contribution in [3.8, 4) is 11.5 Å². The molecule has 0 bridgehead atoms. The van der Waals surface area contributed by atoms with Crippen LogP contribution in [-0.4, -0.2) is 24.5 Å². The summed E-state index contributed by atoms with van der Waals surface area (Å²) in [6.07, 6.45) is 4.89. The molecule has 1 aromatic heterocycles. The Morgan fingerprint density at radius 1 is 1.07 bits per heavy atom. The van der Waals surface area contributed by atoms with Crippen molar-refractivity contribution in [3.05, 3.63) is 45.6 Å². The molecule has 1 unspecified atom stereocenters.